The number of rotatable bonds is 8. The maximum Gasteiger partial charge on any atom is 0.239 e. The van der Waals surface area contributed by atoms with Crippen LogP contribution in [0.3, 0.4) is 0 Å². The third kappa shape index (κ3) is 5.88. The van der Waals surface area contributed by atoms with Crippen LogP contribution in [0.2, 0.25) is 0 Å². The molecule has 2 amide bonds. The highest BCUT2D eigenvalue weighted by molar-refractivity contribution is 5.85. The summed E-state index contributed by atoms with van der Waals surface area (Å²) in [5.41, 5.74) is 0. The minimum absolute atomic E-state index is 0.0565. The van der Waals surface area contributed by atoms with Gasteiger partial charge in [0.15, 0.2) is 0 Å². The van der Waals surface area contributed by atoms with E-state index in [1.165, 1.54) is 4.90 Å². The predicted octanol–water partition coefficient (Wildman–Crippen LogP) is -0.326. The summed E-state index contributed by atoms with van der Waals surface area (Å²) >= 11 is 0. The average Bonchev–Trinajstić information content (AvgIpc) is 2.34. The summed E-state index contributed by atoms with van der Waals surface area (Å²) in [6, 6.07) is 0. The van der Waals surface area contributed by atoms with Crippen molar-refractivity contribution in [3.05, 3.63) is 0 Å². The van der Waals surface area contributed by atoms with E-state index in [0.29, 0.717) is 19.0 Å². The highest BCUT2D eigenvalue weighted by Crippen LogP contribution is 2.27. The highest BCUT2D eigenvalue weighted by Gasteiger charge is 2.28. The predicted molar refractivity (Wildman–Crippen MR) is 77.2 cm³/mol. The van der Waals surface area contributed by atoms with Crippen LogP contribution in [0, 0.1) is 5.92 Å². The van der Waals surface area contributed by atoms with Gasteiger partial charge in [-0.3, -0.25) is 14.5 Å². The largest absolute Gasteiger partial charge is 0.393 e. The van der Waals surface area contributed by atoms with Crippen LogP contribution in [0.15, 0.2) is 0 Å². The first kappa shape index (κ1) is 16.9. The van der Waals surface area contributed by atoms with Crippen LogP contribution in [-0.2, 0) is 9.59 Å². The van der Waals surface area contributed by atoms with Gasteiger partial charge < -0.3 is 15.3 Å². The third-order valence-electron chi connectivity index (χ3n) is 3.56. The molecule has 1 aliphatic rings. The van der Waals surface area contributed by atoms with Crippen molar-refractivity contribution in [3.8, 4) is 0 Å². The Morgan fingerprint density at radius 1 is 1.25 bits per heavy atom. The molecule has 0 aromatic rings. The Hall–Kier alpha value is -1.14. The lowest BCUT2D eigenvalue weighted by Crippen LogP contribution is -2.44. The van der Waals surface area contributed by atoms with Gasteiger partial charge in [0.2, 0.25) is 11.8 Å². The van der Waals surface area contributed by atoms with Gasteiger partial charge in [-0.15, -0.1) is 0 Å². The van der Waals surface area contributed by atoms with Crippen LogP contribution in [0.5, 0.6) is 0 Å². The van der Waals surface area contributed by atoms with E-state index >= 15 is 0 Å². The lowest BCUT2D eigenvalue weighted by molar-refractivity contribution is -0.135. The first-order valence-electron chi connectivity index (χ1n) is 7.29. The van der Waals surface area contributed by atoms with E-state index in [9.17, 15) is 14.7 Å². The van der Waals surface area contributed by atoms with Crippen molar-refractivity contribution in [1.29, 1.82) is 0 Å². The second kappa shape index (κ2) is 8.21. The van der Waals surface area contributed by atoms with Crippen molar-refractivity contribution < 1.29 is 14.7 Å². The molecule has 0 bridgehead atoms. The average molecular weight is 285 g/mol. The second-order valence-corrected chi connectivity index (χ2v) is 5.79. The van der Waals surface area contributed by atoms with Gasteiger partial charge in [0.1, 0.15) is 0 Å². The minimum Gasteiger partial charge on any atom is -0.393 e. The molecule has 116 valence electrons. The van der Waals surface area contributed by atoms with Crippen molar-refractivity contribution >= 4 is 11.8 Å². The van der Waals surface area contributed by atoms with Gasteiger partial charge in [-0.05, 0) is 32.2 Å². The molecule has 0 saturated heterocycles. The summed E-state index contributed by atoms with van der Waals surface area (Å²) in [6.45, 7) is 3.86. The molecule has 0 unspecified atom stereocenters. The Morgan fingerprint density at radius 3 is 2.45 bits per heavy atom. The van der Waals surface area contributed by atoms with Crippen LogP contribution in [0.1, 0.15) is 26.2 Å². The molecule has 0 radical (unpaired) electrons. The zero-order chi connectivity index (χ0) is 15.1. The SMILES string of the molecule is CCCNC(=O)CN(C)C(=O)CN(C)CC1CC(O)C1. The first-order chi connectivity index (χ1) is 9.42. The smallest absolute Gasteiger partial charge is 0.239 e. The van der Waals surface area contributed by atoms with Crippen LogP contribution in [0.4, 0.5) is 0 Å². The molecule has 0 atom stereocenters. The Morgan fingerprint density at radius 2 is 1.90 bits per heavy atom. The van der Waals surface area contributed by atoms with Crippen LogP contribution in [0.25, 0.3) is 0 Å². The standard InChI is InChI=1S/C14H27N3O3/c1-4-5-15-13(19)9-17(3)14(20)10-16(2)8-11-6-12(18)7-11/h11-12,18H,4-10H2,1-3H3,(H,15,19). The number of carbonyl (C=O) groups excluding carboxylic acids is 2. The van der Waals surface area contributed by atoms with Gasteiger partial charge in [-0.2, -0.15) is 0 Å². The Bertz CT molecular complexity index is 330. The Balaban J connectivity index is 2.21. The van der Waals surface area contributed by atoms with Crippen molar-refractivity contribution in [1.82, 2.24) is 15.1 Å². The van der Waals surface area contributed by atoms with E-state index in [1.54, 1.807) is 7.05 Å². The Kier molecular flexibility index (Phi) is 6.95. The fourth-order valence-corrected chi connectivity index (χ4v) is 2.33. The fourth-order valence-electron chi connectivity index (χ4n) is 2.33. The number of hydrogen-bond donors (Lipinski definition) is 2. The second-order valence-electron chi connectivity index (χ2n) is 5.79. The van der Waals surface area contributed by atoms with Gasteiger partial charge in [0.25, 0.3) is 0 Å². The summed E-state index contributed by atoms with van der Waals surface area (Å²) in [7, 11) is 3.54. The van der Waals surface area contributed by atoms with E-state index in [4.69, 9.17) is 0 Å². The maximum atomic E-state index is 12.0. The minimum atomic E-state index is -0.158. The molecule has 1 rings (SSSR count). The quantitative estimate of drug-likeness (QED) is 0.641. The summed E-state index contributed by atoms with van der Waals surface area (Å²) in [5.74, 6) is 0.312. The normalized spacial score (nSPS) is 21.4. The summed E-state index contributed by atoms with van der Waals surface area (Å²) in [6.07, 6.45) is 2.38. The highest BCUT2D eigenvalue weighted by atomic mass is 16.3. The summed E-state index contributed by atoms with van der Waals surface area (Å²) in [5, 5.41) is 12.0. The lowest BCUT2D eigenvalue weighted by Gasteiger charge is -2.34. The number of amides is 2. The molecule has 0 aliphatic heterocycles. The van der Waals surface area contributed by atoms with E-state index < -0.39 is 0 Å². The molecule has 1 aliphatic carbocycles. The van der Waals surface area contributed by atoms with E-state index in [2.05, 4.69) is 5.32 Å². The Labute approximate surface area is 121 Å². The lowest BCUT2D eigenvalue weighted by atomic mass is 9.82. The molecule has 20 heavy (non-hydrogen) atoms. The maximum absolute atomic E-state index is 12.0. The van der Waals surface area contributed by atoms with Gasteiger partial charge in [0, 0.05) is 20.1 Å². The monoisotopic (exact) mass is 285 g/mol. The molecule has 0 aromatic carbocycles. The molecule has 0 spiro atoms. The number of nitrogens with one attached hydrogen (secondary N) is 1. The fraction of sp³-hybridized carbons (Fsp3) is 0.857. The topological polar surface area (TPSA) is 72.9 Å². The first-order valence-corrected chi connectivity index (χ1v) is 7.29. The number of nitrogens with zero attached hydrogens (tertiary/aromatic N) is 2. The van der Waals surface area contributed by atoms with E-state index in [1.807, 2.05) is 18.9 Å². The van der Waals surface area contributed by atoms with Gasteiger partial charge in [0.05, 0.1) is 19.2 Å². The van der Waals surface area contributed by atoms with E-state index in [0.717, 1.165) is 25.8 Å². The molecule has 6 nitrogen and oxygen atoms in total. The van der Waals surface area contributed by atoms with Crippen molar-refractivity contribution in [2.45, 2.75) is 32.3 Å². The van der Waals surface area contributed by atoms with Crippen LogP contribution < -0.4 is 5.32 Å². The van der Waals surface area contributed by atoms with Gasteiger partial charge >= 0.3 is 0 Å². The molecular formula is C14H27N3O3. The molecule has 1 fully saturated rings. The molecule has 1 saturated carbocycles. The molecule has 2 N–H and O–H groups in total. The van der Waals surface area contributed by atoms with E-state index in [-0.39, 0.29) is 24.5 Å². The zero-order valence-electron chi connectivity index (χ0n) is 12.8. The number of aliphatic hydroxyl groups excluding tert-OH is 1. The van der Waals surface area contributed by atoms with Gasteiger partial charge in [-0.25, -0.2) is 0 Å². The van der Waals surface area contributed by atoms with Gasteiger partial charge in [-0.1, -0.05) is 6.92 Å². The molecular weight excluding hydrogens is 258 g/mol. The summed E-state index contributed by atoms with van der Waals surface area (Å²) < 4.78 is 0. The van der Waals surface area contributed by atoms with Crippen LogP contribution >= 0.6 is 0 Å². The van der Waals surface area contributed by atoms with Crippen molar-refractivity contribution in [3.63, 3.8) is 0 Å². The number of likely N-dealkylation sites (N-methyl/N-ethyl adjacent to an activating group) is 2. The summed E-state index contributed by atoms with van der Waals surface area (Å²) in [4.78, 5) is 26.9. The number of aliphatic hydroxyl groups is 1. The van der Waals surface area contributed by atoms with Crippen molar-refractivity contribution in [2.75, 3.05) is 40.3 Å². The van der Waals surface area contributed by atoms with Crippen molar-refractivity contribution in [2.24, 2.45) is 5.92 Å². The molecule has 6 heteroatoms. The third-order valence-corrected chi connectivity index (χ3v) is 3.56. The molecule has 0 aromatic heterocycles. The number of hydrogen-bond acceptors (Lipinski definition) is 4. The zero-order valence-corrected chi connectivity index (χ0v) is 12.8. The number of carbonyl (C=O) groups is 2. The van der Waals surface area contributed by atoms with Crippen LogP contribution in [-0.4, -0.2) is 73.1 Å². The molecule has 0 heterocycles.